The molecule has 1 rings (SSSR count). The molecule has 0 aliphatic rings. The van der Waals surface area contributed by atoms with E-state index in [0.717, 1.165) is 5.56 Å². The number of hydrogen-bond acceptors (Lipinski definition) is 4. The standard InChI is InChI=1S/C14H21N3O3/c1-2-20-10-6-9-12(18)16-13(14(15)17-19)11-7-4-3-5-8-11/h3-5,7-8,13,19H,2,6,9-10H2,1H3,(H2,15,17)(H,16,18). The molecule has 0 aliphatic heterocycles. The first-order valence-corrected chi connectivity index (χ1v) is 6.58. The van der Waals surface area contributed by atoms with Crippen LogP contribution in [0.2, 0.25) is 0 Å². The third-order valence-electron chi connectivity index (χ3n) is 2.75. The third-order valence-corrected chi connectivity index (χ3v) is 2.75. The lowest BCUT2D eigenvalue weighted by Gasteiger charge is -2.17. The summed E-state index contributed by atoms with van der Waals surface area (Å²) >= 11 is 0. The molecule has 110 valence electrons. The van der Waals surface area contributed by atoms with Gasteiger partial charge in [0.2, 0.25) is 5.91 Å². The molecule has 1 aromatic rings. The van der Waals surface area contributed by atoms with E-state index >= 15 is 0 Å². The minimum Gasteiger partial charge on any atom is -0.409 e. The van der Waals surface area contributed by atoms with Crippen molar-refractivity contribution in [3.63, 3.8) is 0 Å². The van der Waals surface area contributed by atoms with E-state index in [1.165, 1.54) is 0 Å². The zero-order valence-electron chi connectivity index (χ0n) is 11.6. The highest BCUT2D eigenvalue weighted by Crippen LogP contribution is 2.13. The lowest BCUT2D eigenvalue weighted by Crippen LogP contribution is -2.37. The van der Waals surface area contributed by atoms with Crippen molar-refractivity contribution < 1.29 is 14.7 Å². The van der Waals surface area contributed by atoms with Crippen molar-refractivity contribution in [2.75, 3.05) is 13.2 Å². The first-order valence-electron chi connectivity index (χ1n) is 6.58. The molecule has 0 aromatic heterocycles. The number of amidine groups is 1. The molecule has 6 heteroatoms. The Labute approximate surface area is 118 Å². The summed E-state index contributed by atoms with van der Waals surface area (Å²) in [6.07, 6.45) is 0.972. The van der Waals surface area contributed by atoms with Crippen LogP contribution in [0, 0.1) is 0 Å². The molecule has 1 unspecified atom stereocenters. The SMILES string of the molecule is CCOCCCC(=O)NC(/C(N)=N/O)c1ccccc1. The van der Waals surface area contributed by atoms with Crippen LogP contribution < -0.4 is 11.1 Å². The van der Waals surface area contributed by atoms with Gasteiger partial charge in [0.15, 0.2) is 5.84 Å². The van der Waals surface area contributed by atoms with Crippen LogP contribution in [-0.2, 0) is 9.53 Å². The molecular formula is C14H21N3O3. The second-order valence-electron chi connectivity index (χ2n) is 4.24. The predicted octanol–water partition coefficient (Wildman–Crippen LogP) is 1.41. The van der Waals surface area contributed by atoms with Crippen LogP contribution in [0.3, 0.4) is 0 Å². The van der Waals surface area contributed by atoms with Crippen LogP contribution >= 0.6 is 0 Å². The van der Waals surface area contributed by atoms with Gasteiger partial charge in [0.05, 0.1) is 0 Å². The third kappa shape index (κ3) is 5.27. The molecule has 0 spiro atoms. The summed E-state index contributed by atoms with van der Waals surface area (Å²) in [5, 5.41) is 14.6. The number of amides is 1. The molecule has 0 radical (unpaired) electrons. The van der Waals surface area contributed by atoms with Crippen LogP contribution in [0.4, 0.5) is 0 Å². The second kappa shape index (κ2) is 8.92. The van der Waals surface area contributed by atoms with Gasteiger partial charge in [0.25, 0.3) is 0 Å². The Hall–Kier alpha value is -2.08. The summed E-state index contributed by atoms with van der Waals surface area (Å²) in [5.74, 6) is -0.209. The van der Waals surface area contributed by atoms with Crippen molar-refractivity contribution >= 4 is 11.7 Å². The Bertz CT molecular complexity index is 435. The summed E-state index contributed by atoms with van der Waals surface area (Å²) in [6.45, 7) is 3.09. The van der Waals surface area contributed by atoms with E-state index in [0.29, 0.717) is 26.1 Å². The number of nitrogens with one attached hydrogen (secondary N) is 1. The average molecular weight is 279 g/mol. The Morgan fingerprint density at radius 3 is 2.75 bits per heavy atom. The number of hydrogen-bond donors (Lipinski definition) is 3. The Balaban J connectivity index is 2.60. The van der Waals surface area contributed by atoms with E-state index in [2.05, 4.69) is 10.5 Å². The quantitative estimate of drug-likeness (QED) is 0.220. The molecule has 0 heterocycles. The van der Waals surface area contributed by atoms with Gasteiger partial charge < -0.3 is 21.0 Å². The first kappa shape index (κ1) is 16.0. The van der Waals surface area contributed by atoms with Crippen molar-refractivity contribution in [1.29, 1.82) is 0 Å². The minimum atomic E-state index is -0.624. The zero-order valence-corrected chi connectivity index (χ0v) is 11.6. The van der Waals surface area contributed by atoms with Gasteiger partial charge in [-0.05, 0) is 18.9 Å². The largest absolute Gasteiger partial charge is 0.409 e. The highest BCUT2D eigenvalue weighted by Gasteiger charge is 2.18. The highest BCUT2D eigenvalue weighted by molar-refractivity contribution is 5.90. The summed E-state index contributed by atoms with van der Waals surface area (Å²) in [6, 6.07) is 8.51. The monoisotopic (exact) mass is 279 g/mol. The lowest BCUT2D eigenvalue weighted by atomic mass is 10.1. The summed E-state index contributed by atoms with van der Waals surface area (Å²) in [4.78, 5) is 11.9. The van der Waals surface area contributed by atoms with Gasteiger partial charge in [0.1, 0.15) is 6.04 Å². The van der Waals surface area contributed by atoms with E-state index in [1.807, 2.05) is 37.3 Å². The van der Waals surface area contributed by atoms with Gasteiger partial charge in [-0.1, -0.05) is 35.5 Å². The fourth-order valence-electron chi connectivity index (χ4n) is 1.74. The van der Waals surface area contributed by atoms with E-state index in [1.54, 1.807) is 0 Å². The van der Waals surface area contributed by atoms with Gasteiger partial charge in [-0.15, -0.1) is 0 Å². The van der Waals surface area contributed by atoms with Crippen LogP contribution in [0.25, 0.3) is 0 Å². The maximum atomic E-state index is 11.9. The van der Waals surface area contributed by atoms with Crippen molar-refractivity contribution in [2.45, 2.75) is 25.8 Å². The highest BCUT2D eigenvalue weighted by atomic mass is 16.5. The smallest absolute Gasteiger partial charge is 0.220 e. The number of oxime groups is 1. The molecule has 1 amide bonds. The maximum absolute atomic E-state index is 11.9. The predicted molar refractivity (Wildman–Crippen MR) is 76.5 cm³/mol. The number of rotatable bonds is 8. The molecule has 0 saturated heterocycles. The fourth-order valence-corrected chi connectivity index (χ4v) is 1.74. The molecule has 4 N–H and O–H groups in total. The fraction of sp³-hybridized carbons (Fsp3) is 0.429. The van der Waals surface area contributed by atoms with E-state index in [9.17, 15) is 4.79 Å². The van der Waals surface area contributed by atoms with E-state index in [4.69, 9.17) is 15.7 Å². The molecule has 0 saturated carbocycles. The zero-order chi connectivity index (χ0) is 14.8. The number of nitrogens with two attached hydrogens (primary N) is 1. The molecule has 1 aromatic carbocycles. The van der Waals surface area contributed by atoms with Gasteiger partial charge in [-0.2, -0.15) is 0 Å². The van der Waals surface area contributed by atoms with Crippen molar-refractivity contribution in [3.8, 4) is 0 Å². The second-order valence-corrected chi connectivity index (χ2v) is 4.24. The molecule has 0 bridgehead atoms. The van der Waals surface area contributed by atoms with Crippen LogP contribution in [-0.4, -0.2) is 30.2 Å². The van der Waals surface area contributed by atoms with Gasteiger partial charge in [-0.25, -0.2) is 0 Å². The Morgan fingerprint density at radius 1 is 1.45 bits per heavy atom. The number of benzene rings is 1. The van der Waals surface area contributed by atoms with Crippen LogP contribution in [0.15, 0.2) is 35.5 Å². The topological polar surface area (TPSA) is 96.9 Å². The number of carbonyl (C=O) groups excluding carboxylic acids is 1. The molecule has 20 heavy (non-hydrogen) atoms. The van der Waals surface area contributed by atoms with E-state index < -0.39 is 6.04 Å². The van der Waals surface area contributed by atoms with Crippen molar-refractivity contribution in [1.82, 2.24) is 5.32 Å². The van der Waals surface area contributed by atoms with Gasteiger partial charge >= 0.3 is 0 Å². The number of carbonyl (C=O) groups is 1. The summed E-state index contributed by atoms with van der Waals surface area (Å²) in [5.41, 5.74) is 6.40. The van der Waals surface area contributed by atoms with Gasteiger partial charge in [0, 0.05) is 19.6 Å². The summed E-state index contributed by atoms with van der Waals surface area (Å²) in [7, 11) is 0. The van der Waals surface area contributed by atoms with Crippen molar-refractivity contribution in [3.05, 3.63) is 35.9 Å². The normalized spacial score (nSPS) is 12.9. The Morgan fingerprint density at radius 2 is 2.15 bits per heavy atom. The maximum Gasteiger partial charge on any atom is 0.220 e. The molecule has 1 atom stereocenters. The molecular weight excluding hydrogens is 258 g/mol. The first-order chi connectivity index (χ1) is 9.69. The minimum absolute atomic E-state index is 0.0469. The molecule has 0 fully saturated rings. The number of nitrogens with zero attached hydrogens (tertiary/aromatic N) is 1. The average Bonchev–Trinajstić information content (AvgIpc) is 2.49. The van der Waals surface area contributed by atoms with Crippen LogP contribution in [0.1, 0.15) is 31.4 Å². The lowest BCUT2D eigenvalue weighted by molar-refractivity contribution is -0.121. The Kier molecular flexibility index (Phi) is 7.13. The van der Waals surface area contributed by atoms with Crippen LogP contribution in [0.5, 0.6) is 0 Å². The van der Waals surface area contributed by atoms with Crippen molar-refractivity contribution in [2.24, 2.45) is 10.9 Å². The van der Waals surface area contributed by atoms with E-state index in [-0.39, 0.29) is 11.7 Å². The van der Waals surface area contributed by atoms with Gasteiger partial charge in [-0.3, -0.25) is 4.79 Å². The molecule has 6 nitrogen and oxygen atoms in total. The number of ether oxygens (including phenoxy) is 1. The molecule has 0 aliphatic carbocycles. The summed E-state index contributed by atoms with van der Waals surface area (Å²) < 4.78 is 5.17.